The van der Waals surface area contributed by atoms with Crippen LogP contribution in [-0.2, 0) is 17.7 Å². The van der Waals surface area contributed by atoms with Crippen LogP contribution in [0.5, 0.6) is 5.75 Å². The van der Waals surface area contributed by atoms with Gasteiger partial charge in [-0.15, -0.1) is 10.2 Å². The van der Waals surface area contributed by atoms with Crippen LogP contribution in [0.3, 0.4) is 0 Å². The maximum absolute atomic E-state index is 11.8. The lowest BCUT2D eigenvalue weighted by Gasteiger charge is -2.18. The van der Waals surface area contributed by atoms with E-state index in [1.54, 1.807) is 23.3 Å². The highest BCUT2D eigenvalue weighted by Crippen LogP contribution is 2.33. The molecule has 0 aliphatic carbocycles. The average Bonchev–Trinajstić information content (AvgIpc) is 3.21. The predicted molar refractivity (Wildman–Crippen MR) is 88.3 cm³/mol. The van der Waals surface area contributed by atoms with Crippen molar-refractivity contribution in [2.24, 2.45) is 0 Å². The number of hydrogen-bond donors (Lipinski definition) is 1. The first-order valence-corrected chi connectivity index (χ1v) is 8.20. The summed E-state index contributed by atoms with van der Waals surface area (Å²) in [5.41, 5.74) is 1.58. The standard InChI is InChI=1S/C15H18N4O3S/c1-3-13-17-18-14(23-13)9-16-10-4-5-12(21-2)11(8-10)19-6-7-22-15(19)20/h4-5,8,16H,3,6-7,9H2,1-2H3. The molecular weight excluding hydrogens is 316 g/mol. The summed E-state index contributed by atoms with van der Waals surface area (Å²) in [6.45, 7) is 3.57. The van der Waals surface area contributed by atoms with E-state index in [2.05, 4.69) is 22.4 Å². The molecule has 7 nitrogen and oxygen atoms in total. The van der Waals surface area contributed by atoms with Crippen LogP contribution in [-0.4, -0.2) is 36.6 Å². The van der Waals surface area contributed by atoms with Gasteiger partial charge in [0.25, 0.3) is 0 Å². The second-order valence-electron chi connectivity index (χ2n) is 4.95. The Kier molecular flexibility index (Phi) is 4.61. The molecule has 0 atom stereocenters. The van der Waals surface area contributed by atoms with Crippen LogP contribution in [0.15, 0.2) is 18.2 Å². The number of ether oxygens (including phenoxy) is 2. The Bertz CT molecular complexity index is 704. The normalized spacial score (nSPS) is 14.0. The predicted octanol–water partition coefficient (Wildman–Crippen LogP) is 2.68. The van der Waals surface area contributed by atoms with E-state index in [1.165, 1.54) is 0 Å². The number of amides is 1. The van der Waals surface area contributed by atoms with Gasteiger partial charge < -0.3 is 14.8 Å². The molecule has 0 radical (unpaired) electrons. The van der Waals surface area contributed by atoms with E-state index in [4.69, 9.17) is 9.47 Å². The van der Waals surface area contributed by atoms with E-state index >= 15 is 0 Å². The number of cyclic esters (lactones) is 1. The number of carbonyl (C=O) groups excluding carboxylic acids is 1. The summed E-state index contributed by atoms with van der Waals surface area (Å²) >= 11 is 1.60. The summed E-state index contributed by atoms with van der Waals surface area (Å²) < 4.78 is 10.3. The van der Waals surface area contributed by atoms with Crippen molar-refractivity contribution in [1.82, 2.24) is 10.2 Å². The van der Waals surface area contributed by atoms with Gasteiger partial charge in [0.2, 0.25) is 0 Å². The van der Waals surface area contributed by atoms with Crippen molar-refractivity contribution >= 4 is 28.8 Å². The first kappa shape index (κ1) is 15.5. The Labute approximate surface area is 138 Å². The maximum atomic E-state index is 11.8. The van der Waals surface area contributed by atoms with Crippen LogP contribution in [0.2, 0.25) is 0 Å². The van der Waals surface area contributed by atoms with Crippen LogP contribution in [0.4, 0.5) is 16.2 Å². The molecule has 3 rings (SSSR count). The molecule has 1 amide bonds. The summed E-state index contributed by atoms with van der Waals surface area (Å²) in [6.07, 6.45) is 0.540. The van der Waals surface area contributed by atoms with E-state index in [0.29, 0.717) is 31.1 Å². The lowest BCUT2D eigenvalue weighted by Crippen LogP contribution is -2.24. The zero-order chi connectivity index (χ0) is 16.2. The van der Waals surface area contributed by atoms with Crippen molar-refractivity contribution in [3.8, 4) is 5.75 Å². The molecule has 2 aromatic rings. The van der Waals surface area contributed by atoms with Crippen molar-refractivity contribution in [3.05, 3.63) is 28.2 Å². The van der Waals surface area contributed by atoms with Gasteiger partial charge in [-0.2, -0.15) is 0 Å². The molecule has 0 bridgehead atoms. The second-order valence-corrected chi connectivity index (χ2v) is 6.10. The molecule has 1 N–H and O–H groups in total. The fourth-order valence-corrected chi connectivity index (χ4v) is 3.03. The van der Waals surface area contributed by atoms with Gasteiger partial charge in [0.1, 0.15) is 22.4 Å². The third-order valence-corrected chi connectivity index (χ3v) is 4.55. The van der Waals surface area contributed by atoms with Gasteiger partial charge in [-0.3, -0.25) is 4.90 Å². The Morgan fingerprint density at radius 2 is 2.22 bits per heavy atom. The van der Waals surface area contributed by atoms with E-state index in [0.717, 1.165) is 22.1 Å². The van der Waals surface area contributed by atoms with Gasteiger partial charge >= 0.3 is 6.09 Å². The fraction of sp³-hybridized carbons (Fsp3) is 0.400. The molecule has 0 unspecified atom stereocenters. The van der Waals surface area contributed by atoms with Crippen molar-refractivity contribution in [3.63, 3.8) is 0 Å². The summed E-state index contributed by atoms with van der Waals surface area (Å²) in [4.78, 5) is 13.4. The van der Waals surface area contributed by atoms with Crippen LogP contribution in [0.25, 0.3) is 0 Å². The van der Waals surface area contributed by atoms with Gasteiger partial charge in [-0.05, 0) is 24.6 Å². The molecule has 2 heterocycles. The smallest absolute Gasteiger partial charge is 0.414 e. The number of nitrogens with zero attached hydrogens (tertiary/aromatic N) is 3. The largest absolute Gasteiger partial charge is 0.495 e. The number of aryl methyl sites for hydroxylation is 1. The third kappa shape index (κ3) is 3.37. The van der Waals surface area contributed by atoms with Gasteiger partial charge in [-0.25, -0.2) is 4.79 Å². The van der Waals surface area contributed by atoms with Crippen LogP contribution in [0, 0.1) is 0 Å². The highest BCUT2D eigenvalue weighted by Gasteiger charge is 2.26. The molecule has 1 aliphatic rings. The summed E-state index contributed by atoms with van der Waals surface area (Å²) in [5, 5.41) is 13.5. The van der Waals surface area contributed by atoms with Gasteiger partial charge in [0.15, 0.2) is 0 Å². The maximum Gasteiger partial charge on any atom is 0.414 e. The summed E-state index contributed by atoms with van der Waals surface area (Å²) in [6, 6.07) is 5.62. The zero-order valence-corrected chi connectivity index (χ0v) is 13.9. The molecule has 0 saturated carbocycles. The van der Waals surface area contributed by atoms with E-state index in [1.807, 2.05) is 18.2 Å². The minimum atomic E-state index is -0.350. The van der Waals surface area contributed by atoms with Crippen LogP contribution < -0.4 is 15.0 Å². The highest BCUT2D eigenvalue weighted by molar-refractivity contribution is 7.11. The molecule has 1 aromatic carbocycles. The number of methoxy groups -OCH3 is 1. The van der Waals surface area contributed by atoms with Crippen LogP contribution in [0.1, 0.15) is 16.9 Å². The number of hydrogen-bond acceptors (Lipinski definition) is 7. The lowest BCUT2D eigenvalue weighted by atomic mass is 10.2. The van der Waals surface area contributed by atoms with Gasteiger partial charge in [0.05, 0.1) is 25.9 Å². The molecule has 1 aliphatic heterocycles. The van der Waals surface area contributed by atoms with Crippen molar-refractivity contribution in [2.75, 3.05) is 30.5 Å². The monoisotopic (exact) mass is 334 g/mol. The summed E-state index contributed by atoms with van der Waals surface area (Å²) in [7, 11) is 1.58. The minimum Gasteiger partial charge on any atom is -0.495 e. The lowest BCUT2D eigenvalue weighted by molar-refractivity contribution is 0.181. The van der Waals surface area contributed by atoms with Crippen molar-refractivity contribution in [2.45, 2.75) is 19.9 Å². The molecule has 122 valence electrons. The van der Waals surface area contributed by atoms with E-state index in [9.17, 15) is 4.79 Å². The molecule has 23 heavy (non-hydrogen) atoms. The number of aromatic nitrogens is 2. The average molecular weight is 334 g/mol. The molecule has 1 fully saturated rings. The number of anilines is 2. The van der Waals surface area contributed by atoms with E-state index < -0.39 is 0 Å². The number of carbonyl (C=O) groups is 1. The molecule has 1 saturated heterocycles. The number of nitrogens with one attached hydrogen (secondary N) is 1. The quantitative estimate of drug-likeness (QED) is 0.875. The fourth-order valence-electron chi connectivity index (χ4n) is 2.30. The molecule has 0 spiro atoms. The number of rotatable bonds is 6. The Balaban J connectivity index is 1.76. The Morgan fingerprint density at radius 1 is 1.39 bits per heavy atom. The topological polar surface area (TPSA) is 76.6 Å². The molecule has 8 heteroatoms. The highest BCUT2D eigenvalue weighted by atomic mass is 32.1. The third-order valence-electron chi connectivity index (χ3n) is 3.49. The molecular formula is C15H18N4O3S. The Morgan fingerprint density at radius 3 is 2.87 bits per heavy atom. The SMILES string of the molecule is CCc1nnc(CNc2ccc(OC)c(N3CCOC3=O)c2)s1. The second kappa shape index (κ2) is 6.82. The van der Waals surface area contributed by atoms with Gasteiger partial charge in [-0.1, -0.05) is 18.3 Å². The van der Waals surface area contributed by atoms with Crippen LogP contribution >= 0.6 is 11.3 Å². The zero-order valence-electron chi connectivity index (χ0n) is 13.0. The minimum absolute atomic E-state index is 0.350. The van der Waals surface area contributed by atoms with Crippen molar-refractivity contribution in [1.29, 1.82) is 0 Å². The first-order valence-electron chi connectivity index (χ1n) is 7.38. The molecule has 1 aromatic heterocycles. The summed E-state index contributed by atoms with van der Waals surface area (Å²) in [5.74, 6) is 0.638. The number of benzene rings is 1. The van der Waals surface area contributed by atoms with E-state index in [-0.39, 0.29) is 6.09 Å². The first-order chi connectivity index (χ1) is 11.2. The van der Waals surface area contributed by atoms with Gasteiger partial charge in [0, 0.05) is 5.69 Å². The Hall–Kier alpha value is -2.35. The van der Waals surface area contributed by atoms with Crippen molar-refractivity contribution < 1.29 is 14.3 Å².